The summed E-state index contributed by atoms with van der Waals surface area (Å²) in [5.74, 6) is 0. The van der Waals surface area contributed by atoms with E-state index in [0.29, 0.717) is 6.16 Å². The number of hydrogen-bond acceptors (Lipinski definition) is 2. The van der Waals surface area contributed by atoms with Crippen molar-refractivity contribution in [1.82, 2.24) is 4.67 Å². The van der Waals surface area contributed by atoms with Crippen molar-refractivity contribution < 1.29 is 9.09 Å². The van der Waals surface area contributed by atoms with Crippen LogP contribution in [0.3, 0.4) is 0 Å². The van der Waals surface area contributed by atoms with Crippen molar-refractivity contribution in [3.63, 3.8) is 0 Å². The molecule has 1 saturated heterocycles. The third-order valence-electron chi connectivity index (χ3n) is 3.68. The van der Waals surface area contributed by atoms with Crippen LogP contribution >= 0.6 is 7.52 Å². The van der Waals surface area contributed by atoms with E-state index < -0.39 is 7.52 Å². The quantitative estimate of drug-likeness (QED) is 0.742. The van der Waals surface area contributed by atoms with Gasteiger partial charge in [-0.3, -0.25) is 4.57 Å². The van der Waals surface area contributed by atoms with E-state index in [1.54, 1.807) is 0 Å². The lowest BCUT2D eigenvalue weighted by Crippen LogP contribution is -2.47. The lowest BCUT2D eigenvalue weighted by Gasteiger charge is -2.48. The van der Waals surface area contributed by atoms with E-state index in [0.717, 1.165) is 18.5 Å². The average Bonchev–Trinajstić information content (AvgIpc) is 2.25. The first kappa shape index (κ1) is 15.8. The van der Waals surface area contributed by atoms with Gasteiger partial charge in [0.1, 0.15) is 0 Å². The Bertz CT molecular complexity index is 505. The molecule has 1 heterocycles. The molecule has 3 nitrogen and oxygen atoms in total. The fourth-order valence-corrected chi connectivity index (χ4v) is 5.92. The Morgan fingerprint density at radius 2 is 1.85 bits per heavy atom. The molecule has 2 rings (SSSR count). The molecule has 0 radical (unpaired) electrons. The Labute approximate surface area is 122 Å². The molecule has 1 aromatic carbocycles. The van der Waals surface area contributed by atoms with Crippen molar-refractivity contribution in [2.45, 2.75) is 58.3 Å². The van der Waals surface area contributed by atoms with E-state index in [4.69, 9.17) is 4.52 Å². The summed E-state index contributed by atoms with van der Waals surface area (Å²) in [5, 5.41) is 0. The highest BCUT2D eigenvalue weighted by Gasteiger charge is 2.46. The smallest absolute Gasteiger partial charge is 0.277 e. The zero-order valence-electron chi connectivity index (χ0n) is 13.2. The lowest BCUT2D eigenvalue weighted by atomic mass is 10.0. The summed E-state index contributed by atoms with van der Waals surface area (Å²) in [4.78, 5) is 0. The summed E-state index contributed by atoms with van der Waals surface area (Å²) in [6.45, 7) is 11.2. The fraction of sp³-hybridized carbons (Fsp3) is 0.625. The van der Waals surface area contributed by atoms with Crippen LogP contribution in [0.4, 0.5) is 0 Å². The Morgan fingerprint density at radius 3 is 2.40 bits per heavy atom. The maximum atomic E-state index is 13.5. The van der Waals surface area contributed by atoms with Crippen LogP contribution in [0.15, 0.2) is 30.3 Å². The van der Waals surface area contributed by atoms with Gasteiger partial charge < -0.3 is 4.52 Å². The average molecular weight is 295 g/mol. The molecule has 0 saturated carbocycles. The van der Waals surface area contributed by atoms with Gasteiger partial charge in [-0.1, -0.05) is 30.3 Å². The molecule has 0 amide bonds. The van der Waals surface area contributed by atoms with E-state index in [1.165, 1.54) is 0 Å². The number of benzene rings is 1. The minimum Gasteiger partial charge on any atom is -0.311 e. The molecule has 4 heteroatoms. The molecule has 20 heavy (non-hydrogen) atoms. The van der Waals surface area contributed by atoms with Crippen molar-refractivity contribution in [2.75, 3.05) is 6.54 Å². The van der Waals surface area contributed by atoms with Gasteiger partial charge in [-0.25, -0.2) is 4.67 Å². The van der Waals surface area contributed by atoms with Gasteiger partial charge >= 0.3 is 0 Å². The molecule has 0 aliphatic carbocycles. The number of nitrogens with zero attached hydrogens (tertiary/aromatic N) is 1. The molecule has 0 aromatic heterocycles. The second-order valence-corrected chi connectivity index (χ2v) is 9.43. The molecule has 0 spiro atoms. The van der Waals surface area contributed by atoms with E-state index in [9.17, 15) is 4.57 Å². The first-order chi connectivity index (χ1) is 9.12. The Balaban J connectivity index is 2.33. The maximum absolute atomic E-state index is 13.5. The molecule has 112 valence electrons. The summed E-state index contributed by atoms with van der Waals surface area (Å²) < 4.78 is 21.7. The van der Waals surface area contributed by atoms with Crippen LogP contribution in [0, 0.1) is 0 Å². The summed E-state index contributed by atoms with van der Waals surface area (Å²) in [6.07, 6.45) is 1.39. The van der Waals surface area contributed by atoms with E-state index >= 15 is 0 Å². The van der Waals surface area contributed by atoms with Gasteiger partial charge in [0, 0.05) is 12.1 Å². The molecular weight excluding hydrogens is 269 g/mol. The van der Waals surface area contributed by atoms with Crippen LogP contribution in [0.25, 0.3) is 0 Å². The highest BCUT2D eigenvalue weighted by Crippen LogP contribution is 2.62. The molecule has 1 atom stereocenters. The minimum absolute atomic E-state index is 0.152. The van der Waals surface area contributed by atoms with Crippen LogP contribution in [0.2, 0.25) is 0 Å². The Kier molecular flexibility index (Phi) is 4.17. The molecule has 1 unspecified atom stereocenters. The summed E-state index contributed by atoms with van der Waals surface area (Å²) >= 11 is 0. The lowest BCUT2D eigenvalue weighted by molar-refractivity contribution is 0.0306. The maximum Gasteiger partial charge on any atom is 0.277 e. The third kappa shape index (κ3) is 3.52. The number of rotatable bonds is 2. The van der Waals surface area contributed by atoms with Crippen molar-refractivity contribution in [2.24, 2.45) is 0 Å². The van der Waals surface area contributed by atoms with Crippen molar-refractivity contribution in [3.8, 4) is 0 Å². The summed E-state index contributed by atoms with van der Waals surface area (Å²) in [5.41, 5.74) is 0.607. The first-order valence-electron chi connectivity index (χ1n) is 7.24. The molecule has 1 aliphatic rings. The van der Waals surface area contributed by atoms with Crippen LogP contribution in [-0.2, 0) is 15.3 Å². The largest absolute Gasteiger partial charge is 0.311 e. The zero-order valence-corrected chi connectivity index (χ0v) is 14.1. The SMILES string of the molecule is CC1(C)CCN(C(C)(C)C)P(=O)(Cc2ccccc2)O1. The van der Waals surface area contributed by atoms with Gasteiger partial charge in [-0.05, 0) is 46.6 Å². The monoisotopic (exact) mass is 295 g/mol. The topological polar surface area (TPSA) is 29.5 Å². The molecule has 0 N–H and O–H groups in total. The van der Waals surface area contributed by atoms with Crippen molar-refractivity contribution >= 4 is 7.52 Å². The highest BCUT2D eigenvalue weighted by molar-refractivity contribution is 7.55. The fourth-order valence-electron chi connectivity index (χ4n) is 2.73. The van der Waals surface area contributed by atoms with Crippen LogP contribution in [0.1, 0.15) is 46.6 Å². The molecule has 1 aliphatic heterocycles. The standard InChI is InChI=1S/C16H26NO2P/c1-15(2,3)17-12-11-16(4,5)19-20(17,18)13-14-9-7-6-8-10-14/h6-10H,11-13H2,1-5H3. The van der Waals surface area contributed by atoms with Crippen LogP contribution < -0.4 is 0 Å². The highest BCUT2D eigenvalue weighted by atomic mass is 31.2. The molecule has 1 aromatic rings. The Morgan fingerprint density at radius 1 is 1.25 bits per heavy atom. The second-order valence-electron chi connectivity index (χ2n) is 7.18. The van der Waals surface area contributed by atoms with Gasteiger partial charge in [0.2, 0.25) is 0 Å². The van der Waals surface area contributed by atoms with Gasteiger partial charge in [0.25, 0.3) is 7.52 Å². The predicted molar refractivity (Wildman–Crippen MR) is 84.0 cm³/mol. The van der Waals surface area contributed by atoms with E-state index in [-0.39, 0.29) is 11.1 Å². The molecule has 0 bridgehead atoms. The van der Waals surface area contributed by atoms with Crippen LogP contribution in [-0.4, -0.2) is 22.4 Å². The van der Waals surface area contributed by atoms with Crippen molar-refractivity contribution in [1.29, 1.82) is 0 Å². The van der Waals surface area contributed by atoms with Crippen molar-refractivity contribution in [3.05, 3.63) is 35.9 Å². The zero-order chi connectivity index (χ0) is 15.0. The summed E-state index contributed by atoms with van der Waals surface area (Å²) in [6, 6.07) is 9.99. The predicted octanol–water partition coefficient (Wildman–Crippen LogP) is 4.68. The third-order valence-corrected chi connectivity index (χ3v) is 6.76. The number of hydrogen-bond donors (Lipinski definition) is 0. The van der Waals surface area contributed by atoms with E-state index in [2.05, 4.69) is 25.4 Å². The summed E-state index contributed by atoms with van der Waals surface area (Å²) in [7, 11) is -2.86. The Hall–Kier alpha value is -0.630. The molecule has 1 fully saturated rings. The van der Waals surface area contributed by atoms with Gasteiger partial charge in [0.05, 0.1) is 11.8 Å². The first-order valence-corrected chi connectivity index (χ1v) is 9.01. The second kappa shape index (κ2) is 5.29. The molecular formula is C16H26NO2P. The van der Waals surface area contributed by atoms with Gasteiger partial charge in [-0.2, -0.15) is 0 Å². The van der Waals surface area contributed by atoms with E-state index in [1.807, 2.05) is 44.2 Å². The van der Waals surface area contributed by atoms with Crippen LogP contribution in [0.5, 0.6) is 0 Å². The van der Waals surface area contributed by atoms with Gasteiger partial charge in [-0.15, -0.1) is 0 Å². The normalized spacial score (nSPS) is 27.4. The minimum atomic E-state index is -2.86. The van der Waals surface area contributed by atoms with Gasteiger partial charge in [0.15, 0.2) is 0 Å².